The standard InChI is InChI=1S/C22H31N5O6/c1-22(2,3)33-20(30)23-12-11-18(28)24-25-19(29)17-10-9-16-13-26(17)21(31)27(16)32-14-15-7-5-4-6-8-15/h4-8,16-17H,9-14H2,1-3H3,(H,23,30)(H,24,28)(H,25,29)/t16-,17+/m1/s1. The summed E-state index contributed by atoms with van der Waals surface area (Å²) >= 11 is 0. The summed E-state index contributed by atoms with van der Waals surface area (Å²) in [4.78, 5) is 56.1. The predicted octanol–water partition coefficient (Wildman–Crippen LogP) is 1.45. The molecule has 0 aliphatic carbocycles. The molecule has 2 aliphatic heterocycles. The summed E-state index contributed by atoms with van der Waals surface area (Å²) in [7, 11) is 0. The molecule has 3 N–H and O–H groups in total. The highest BCUT2D eigenvalue weighted by Gasteiger charge is 2.48. The third-order valence-electron chi connectivity index (χ3n) is 5.18. The van der Waals surface area contributed by atoms with Crippen molar-refractivity contribution in [3.8, 4) is 0 Å². The van der Waals surface area contributed by atoms with Gasteiger partial charge in [-0.2, -0.15) is 5.06 Å². The molecule has 3 rings (SSSR count). The van der Waals surface area contributed by atoms with Crippen molar-refractivity contribution in [3.63, 3.8) is 0 Å². The SMILES string of the molecule is CC(C)(C)OC(=O)NCCC(=O)NNC(=O)[C@@H]1CC[C@@H]2CN1C(=O)N2OCc1ccccc1. The Kier molecular flexibility index (Phi) is 7.75. The van der Waals surface area contributed by atoms with Crippen molar-refractivity contribution in [2.45, 2.75) is 64.3 Å². The van der Waals surface area contributed by atoms with E-state index in [-0.39, 0.29) is 31.6 Å². The van der Waals surface area contributed by atoms with E-state index in [0.29, 0.717) is 19.4 Å². The number of fused-ring (bicyclic) bond motifs is 2. The van der Waals surface area contributed by atoms with Gasteiger partial charge in [0.1, 0.15) is 18.2 Å². The predicted molar refractivity (Wildman–Crippen MR) is 117 cm³/mol. The lowest BCUT2D eigenvalue weighted by molar-refractivity contribution is -0.140. The third-order valence-corrected chi connectivity index (χ3v) is 5.18. The van der Waals surface area contributed by atoms with Gasteiger partial charge in [0, 0.05) is 19.5 Å². The van der Waals surface area contributed by atoms with Crippen LogP contribution < -0.4 is 16.2 Å². The summed E-state index contributed by atoms with van der Waals surface area (Å²) < 4.78 is 5.08. The Hall–Kier alpha value is -3.34. The van der Waals surface area contributed by atoms with E-state index in [1.165, 1.54) is 9.96 Å². The van der Waals surface area contributed by atoms with Crippen LogP contribution in [0.2, 0.25) is 0 Å². The Morgan fingerprint density at radius 3 is 2.52 bits per heavy atom. The second-order valence-electron chi connectivity index (χ2n) is 8.98. The molecular weight excluding hydrogens is 430 g/mol. The highest BCUT2D eigenvalue weighted by molar-refractivity contribution is 5.90. The number of hydroxylamine groups is 2. The molecule has 0 radical (unpaired) electrons. The summed E-state index contributed by atoms with van der Waals surface area (Å²) in [6.45, 7) is 5.92. The highest BCUT2D eigenvalue weighted by Crippen LogP contribution is 2.30. The largest absolute Gasteiger partial charge is 0.444 e. The minimum Gasteiger partial charge on any atom is -0.444 e. The molecule has 2 bridgehead atoms. The van der Waals surface area contributed by atoms with Gasteiger partial charge in [-0.05, 0) is 39.2 Å². The van der Waals surface area contributed by atoms with E-state index in [1.807, 2.05) is 30.3 Å². The first-order chi connectivity index (χ1) is 15.6. The van der Waals surface area contributed by atoms with E-state index in [4.69, 9.17) is 9.57 Å². The molecule has 0 saturated carbocycles. The van der Waals surface area contributed by atoms with Crippen molar-refractivity contribution in [1.29, 1.82) is 0 Å². The van der Waals surface area contributed by atoms with E-state index >= 15 is 0 Å². The summed E-state index contributed by atoms with van der Waals surface area (Å²) in [6.07, 6.45) is 0.408. The number of carbonyl (C=O) groups excluding carboxylic acids is 4. The zero-order valence-electron chi connectivity index (χ0n) is 19.1. The number of rotatable bonds is 7. The van der Waals surface area contributed by atoms with Crippen LogP contribution in [0, 0.1) is 0 Å². The molecule has 2 heterocycles. The number of nitrogens with one attached hydrogen (secondary N) is 3. The zero-order chi connectivity index (χ0) is 24.0. The molecule has 180 valence electrons. The molecule has 0 unspecified atom stereocenters. The van der Waals surface area contributed by atoms with Crippen molar-refractivity contribution in [1.82, 2.24) is 26.1 Å². The molecule has 2 fully saturated rings. The lowest BCUT2D eigenvalue weighted by Crippen LogP contribution is -2.54. The summed E-state index contributed by atoms with van der Waals surface area (Å²) in [6, 6.07) is 8.36. The summed E-state index contributed by atoms with van der Waals surface area (Å²) in [5.74, 6) is -0.950. The molecule has 2 aliphatic rings. The number of carbonyl (C=O) groups is 4. The summed E-state index contributed by atoms with van der Waals surface area (Å²) in [5, 5.41) is 3.82. The Bertz CT molecular complexity index is 872. The first kappa shape index (κ1) is 24.3. The fourth-order valence-corrected chi connectivity index (χ4v) is 3.66. The molecule has 5 amide bonds. The minimum atomic E-state index is -0.695. The van der Waals surface area contributed by atoms with Gasteiger partial charge in [-0.25, -0.2) is 9.59 Å². The Morgan fingerprint density at radius 1 is 1.09 bits per heavy atom. The number of amides is 5. The van der Waals surface area contributed by atoms with Crippen molar-refractivity contribution in [2.75, 3.05) is 13.1 Å². The van der Waals surface area contributed by atoms with Crippen LogP contribution in [0.25, 0.3) is 0 Å². The molecule has 1 aromatic carbocycles. The molecule has 2 saturated heterocycles. The van der Waals surface area contributed by atoms with Gasteiger partial charge in [-0.15, -0.1) is 0 Å². The molecule has 0 aromatic heterocycles. The van der Waals surface area contributed by atoms with Crippen LogP contribution in [0.3, 0.4) is 0 Å². The van der Waals surface area contributed by atoms with Gasteiger partial charge in [-0.3, -0.25) is 25.3 Å². The van der Waals surface area contributed by atoms with Gasteiger partial charge < -0.3 is 15.0 Å². The quantitative estimate of drug-likeness (QED) is 0.527. The molecular formula is C22H31N5O6. The maximum atomic E-state index is 12.8. The number of hydrazine groups is 1. The fourth-order valence-electron chi connectivity index (χ4n) is 3.66. The van der Waals surface area contributed by atoms with E-state index in [0.717, 1.165) is 5.56 Å². The van der Waals surface area contributed by atoms with Gasteiger partial charge in [0.05, 0.1) is 6.04 Å². The van der Waals surface area contributed by atoms with Gasteiger partial charge in [-0.1, -0.05) is 30.3 Å². The monoisotopic (exact) mass is 461 g/mol. The van der Waals surface area contributed by atoms with Crippen molar-refractivity contribution < 1.29 is 28.8 Å². The van der Waals surface area contributed by atoms with Crippen LogP contribution in [0.15, 0.2) is 30.3 Å². The number of ether oxygens (including phenoxy) is 1. The second-order valence-corrected chi connectivity index (χ2v) is 8.98. The van der Waals surface area contributed by atoms with Crippen LogP contribution in [-0.4, -0.2) is 64.7 Å². The minimum absolute atomic E-state index is 0.0456. The normalized spacial score (nSPS) is 19.8. The zero-order valence-corrected chi connectivity index (χ0v) is 19.1. The van der Waals surface area contributed by atoms with E-state index in [9.17, 15) is 19.2 Å². The number of hydrogen-bond acceptors (Lipinski definition) is 6. The van der Waals surface area contributed by atoms with Gasteiger partial charge >= 0.3 is 12.1 Å². The Balaban J connectivity index is 1.40. The number of alkyl carbamates (subject to hydrolysis) is 1. The van der Waals surface area contributed by atoms with E-state index < -0.39 is 29.6 Å². The number of hydrogen-bond donors (Lipinski definition) is 3. The van der Waals surface area contributed by atoms with Crippen LogP contribution in [-0.2, 0) is 25.8 Å². The van der Waals surface area contributed by atoms with Crippen LogP contribution >= 0.6 is 0 Å². The fraction of sp³-hybridized carbons (Fsp3) is 0.545. The number of nitrogens with zero attached hydrogens (tertiary/aromatic N) is 2. The first-order valence-corrected chi connectivity index (χ1v) is 11.0. The van der Waals surface area contributed by atoms with Crippen molar-refractivity contribution in [3.05, 3.63) is 35.9 Å². The average molecular weight is 462 g/mol. The lowest BCUT2D eigenvalue weighted by Gasteiger charge is -2.29. The molecule has 11 heteroatoms. The topological polar surface area (TPSA) is 129 Å². The number of urea groups is 1. The van der Waals surface area contributed by atoms with Crippen LogP contribution in [0.5, 0.6) is 0 Å². The molecule has 0 spiro atoms. The van der Waals surface area contributed by atoms with E-state index in [1.54, 1.807) is 20.8 Å². The number of benzene rings is 1. The maximum absolute atomic E-state index is 12.8. The lowest BCUT2D eigenvalue weighted by atomic mass is 10.0. The van der Waals surface area contributed by atoms with Gasteiger partial charge in [0.15, 0.2) is 0 Å². The highest BCUT2D eigenvalue weighted by atomic mass is 16.7. The van der Waals surface area contributed by atoms with Crippen LogP contribution in [0.1, 0.15) is 45.6 Å². The molecule has 1 aromatic rings. The first-order valence-electron chi connectivity index (χ1n) is 11.0. The van der Waals surface area contributed by atoms with Crippen molar-refractivity contribution in [2.24, 2.45) is 0 Å². The second kappa shape index (κ2) is 10.5. The van der Waals surface area contributed by atoms with Crippen molar-refractivity contribution >= 4 is 23.9 Å². The molecule has 11 nitrogen and oxygen atoms in total. The Morgan fingerprint density at radius 2 is 1.82 bits per heavy atom. The van der Waals surface area contributed by atoms with E-state index in [2.05, 4.69) is 16.2 Å². The third kappa shape index (κ3) is 6.82. The van der Waals surface area contributed by atoms with Gasteiger partial charge in [0.25, 0.3) is 5.91 Å². The average Bonchev–Trinajstić information content (AvgIpc) is 2.99. The molecule has 2 atom stereocenters. The van der Waals surface area contributed by atoms with Crippen LogP contribution in [0.4, 0.5) is 9.59 Å². The number of piperidine rings is 1. The van der Waals surface area contributed by atoms with Gasteiger partial charge in [0.2, 0.25) is 5.91 Å². The maximum Gasteiger partial charge on any atom is 0.407 e. The summed E-state index contributed by atoms with van der Waals surface area (Å²) in [5.41, 5.74) is 5.00. The Labute approximate surface area is 192 Å². The smallest absolute Gasteiger partial charge is 0.407 e. The molecule has 33 heavy (non-hydrogen) atoms.